The van der Waals surface area contributed by atoms with Crippen LogP contribution in [0, 0.1) is 10.8 Å². The SMILES string of the molecule is CCC(=C(CC)[Si](OC)(OC)OC)C(CC)(CC)C(CC)(CC)CC. The molecular formula is C21H44O3Si. The zero-order valence-electron chi connectivity index (χ0n) is 18.7. The molecule has 4 heteroatoms. The molecule has 0 N–H and O–H groups in total. The number of allylic oxidation sites excluding steroid dienone is 2. The Morgan fingerprint density at radius 3 is 1.24 bits per heavy atom. The third kappa shape index (κ3) is 4.07. The molecule has 150 valence electrons. The highest BCUT2D eigenvalue weighted by Crippen LogP contribution is 2.58. The Labute approximate surface area is 158 Å². The van der Waals surface area contributed by atoms with Crippen LogP contribution in [0.25, 0.3) is 0 Å². The van der Waals surface area contributed by atoms with Crippen molar-refractivity contribution in [2.45, 2.75) is 93.4 Å². The van der Waals surface area contributed by atoms with E-state index in [-0.39, 0.29) is 5.41 Å². The molecule has 25 heavy (non-hydrogen) atoms. The molecule has 0 rings (SSSR count). The van der Waals surface area contributed by atoms with Gasteiger partial charge >= 0.3 is 8.80 Å². The van der Waals surface area contributed by atoms with Crippen molar-refractivity contribution in [3.8, 4) is 0 Å². The molecule has 0 bridgehead atoms. The summed E-state index contributed by atoms with van der Waals surface area (Å²) in [5.74, 6) is 0. The first-order valence-electron chi connectivity index (χ1n) is 10.3. The first-order chi connectivity index (χ1) is 11.9. The molecule has 0 amide bonds. The zero-order valence-corrected chi connectivity index (χ0v) is 19.7. The average Bonchev–Trinajstić information content (AvgIpc) is 2.68. The maximum Gasteiger partial charge on any atom is 0.532 e. The zero-order chi connectivity index (χ0) is 19.7. The highest BCUT2D eigenvalue weighted by molar-refractivity contribution is 6.68. The van der Waals surface area contributed by atoms with Gasteiger partial charge in [-0.05, 0) is 61.0 Å². The minimum atomic E-state index is -2.81. The van der Waals surface area contributed by atoms with Crippen LogP contribution < -0.4 is 0 Å². The minimum absolute atomic E-state index is 0.166. The molecule has 0 aliphatic carbocycles. The molecule has 0 radical (unpaired) electrons. The second kappa shape index (κ2) is 10.9. The predicted octanol–water partition coefficient (Wildman–Crippen LogP) is 6.54. The van der Waals surface area contributed by atoms with Crippen molar-refractivity contribution in [2.75, 3.05) is 21.3 Å². The van der Waals surface area contributed by atoms with E-state index in [2.05, 4.69) is 48.5 Å². The van der Waals surface area contributed by atoms with Gasteiger partial charge in [0.1, 0.15) is 0 Å². The van der Waals surface area contributed by atoms with E-state index in [1.165, 1.54) is 30.0 Å². The van der Waals surface area contributed by atoms with E-state index in [1.807, 2.05) is 0 Å². The molecule has 0 aromatic rings. The Hall–Kier alpha value is -0.163. The van der Waals surface area contributed by atoms with Gasteiger partial charge in [0.25, 0.3) is 0 Å². The molecule has 0 aliphatic heterocycles. The normalized spacial score (nSPS) is 14.6. The van der Waals surface area contributed by atoms with Crippen molar-refractivity contribution in [1.29, 1.82) is 0 Å². The van der Waals surface area contributed by atoms with Crippen LogP contribution in [0.2, 0.25) is 0 Å². The minimum Gasteiger partial charge on any atom is -0.374 e. The van der Waals surface area contributed by atoms with Crippen molar-refractivity contribution in [3.05, 3.63) is 10.8 Å². The molecule has 0 saturated carbocycles. The molecule has 0 aromatic carbocycles. The molecule has 0 atom stereocenters. The summed E-state index contributed by atoms with van der Waals surface area (Å²) in [6.07, 6.45) is 7.83. The van der Waals surface area contributed by atoms with Crippen LogP contribution >= 0.6 is 0 Å². The fourth-order valence-corrected chi connectivity index (χ4v) is 8.04. The van der Waals surface area contributed by atoms with Gasteiger partial charge < -0.3 is 13.3 Å². The summed E-state index contributed by atoms with van der Waals surface area (Å²) in [6.45, 7) is 16.3. The van der Waals surface area contributed by atoms with Crippen molar-refractivity contribution in [3.63, 3.8) is 0 Å². The number of rotatable bonds is 13. The second-order valence-corrected chi connectivity index (χ2v) is 9.90. The first kappa shape index (κ1) is 24.8. The Bertz CT molecular complexity index is 389. The van der Waals surface area contributed by atoms with E-state index in [1.54, 1.807) is 21.3 Å². The summed E-state index contributed by atoms with van der Waals surface area (Å²) in [6, 6.07) is 0. The van der Waals surface area contributed by atoms with Crippen molar-refractivity contribution < 1.29 is 13.3 Å². The quantitative estimate of drug-likeness (QED) is 0.343. The molecule has 0 aromatic heterocycles. The smallest absolute Gasteiger partial charge is 0.374 e. The summed E-state index contributed by atoms with van der Waals surface area (Å²) in [5.41, 5.74) is 2.00. The van der Waals surface area contributed by atoms with Gasteiger partial charge in [0.15, 0.2) is 0 Å². The van der Waals surface area contributed by atoms with E-state index in [0.717, 1.165) is 25.7 Å². The highest BCUT2D eigenvalue weighted by Gasteiger charge is 2.52. The van der Waals surface area contributed by atoms with Crippen LogP contribution in [0.4, 0.5) is 0 Å². The molecule has 0 heterocycles. The molecule has 0 aliphatic rings. The first-order valence-corrected chi connectivity index (χ1v) is 12.0. The van der Waals surface area contributed by atoms with Crippen molar-refractivity contribution in [2.24, 2.45) is 10.8 Å². The van der Waals surface area contributed by atoms with E-state index in [4.69, 9.17) is 13.3 Å². The van der Waals surface area contributed by atoms with Crippen molar-refractivity contribution >= 4 is 8.80 Å². The molecule has 3 nitrogen and oxygen atoms in total. The van der Waals surface area contributed by atoms with Gasteiger partial charge in [-0.15, -0.1) is 0 Å². The Kier molecular flexibility index (Phi) is 10.8. The lowest BCUT2D eigenvalue weighted by atomic mass is 9.53. The Balaban J connectivity index is 6.93. The van der Waals surface area contributed by atoms with Crippen LogP contribution in [0.1, 0.15) is 93.4 Å². The van der Waals surface area contributed by atoms with Gasteiger partial charge in [-0.25, -0.2) is 0 Å². The van der Waals surface area contributed by atoms with Crippen molar-refractivity contribution in [1.82, 2.24) is 0 Å². The van der Waals surface area contributed by atoms with Crippen LogP contribution in [0.5, 0.6) is 0 Å². The van der Waals surface area contributed by atoms with E-state index in [9.17, 15) is 0 Å². The predicted molar refractivity (Wildman–Crippen MR) is 111 cm³/mol. The lowest BCUT2D eigenvalue weighted by Crippen LogP contribution is -2.49. The third-order valence-electron chi connectivity index (χ3n) is 7.08. The largest absolute Gasteiger partial charge is 0.532 e. The Morgan fingerprint density at radius 2 is 1.04 bits per heavy atom. The van der Waals surface area contributed by atoms with Gasteiger partial charge in [0.05, 0.1) is 0 Å². The average molecular weight is 373 g/mol. The summed E-state index contributed by atoms with van der Waals surface area (Å²) in [7, 11) is 2.38. The maximum absolute atomic E-state index is 5.91. The Morgan fingerprint density at radius 1 is 0.640 bits per heavy atom. The van der Waals surface area contributed by atoms with Crippen LogP contribution in [0.3, 0.4) is 0 Å². The summed E-state index contributed by atoms with van der Waals surface area (Å²) >= 11 is 0. The van der Waals surface area contributed by atoms with Crippen LogP contribution in [-0.2, 0) is 13.3 Å². The maximum atomic E-state index is 5.91. The third-order valence-corrected chi connectivity index (χ3v) is 10.1. The van der Waals surface area contributed by atoms with Gasteiger partial charge in [-0.3, -0.25) is 0 Å². The number of hydrogen-bond donors (Lipinski definition) is 0. The summed E-state index contributed by atoms with van der Waals surface area (Å²) < 4.78 is 17.7. The van der Waals surface area contributed by atoms with E-state index >= 15 is 0 Å². The second-order valence-electron chi connectivity index (χ2n) is 6.96. The highest BCUT2D eigenvalue weighted by atomic mass is 28.4. The van der Waals surface area contributed by atoms with Gasteiger partial charge in [0, 0.05) is 21.3 Å². The molecule has 0 spiro atoms. The fraction of sp³-hybridized carbons (Fsp3) is 0.905. The van der Waals surface area contributed by atoms with E-state index in [0.29, 0.717) is 5.41 Å². The number of hydrogen-bond acceptors (Lipinski definition) is 3. The molecule has 0 saturated heterocycles. The van der Waals surface area contributed by atoms with Gasteiger partial charge in [0.2, 0.25) is 0 Å². The fourth-order valence-electron chi connectivity index (χ4n) is 5.59. The summed E-state index contributed by atoms with van der Waals surface area (Å²) in [4.78, 5) is 0. The van der Waals surface area contributed by atoms with Crippen LogP contribution in [0.15, 0.2) is 10.8 Å². The monoisotopic (exact) mass is 372 g/mol. The van der Waals surface area contributed by atoms with Gasteiger partial charge in [-0.1, -0.05) is 54.0 Å². The van der Waals surface area contributed by atoms with E-state index < -0.39 is 8.80 Å². The van der Waals surface area contributed by atoms with Gasteiger partial charge in [-0.2, -0.15) is 0 Å². The lowest BCUT2D eigenvalue weighted by molar-refractivity contribution is 0.0385. The lowest BCUT2D eigenvalue weighted by Gasteiger charge is -2.53. The topological polar surface area (TPSA) is 27.7 Å². The summed E-state index contributed by atoms with van der Waals surface area (Å²) in [5, 5.41) is 1.30. The standard InChI is InChI=1S/C21H44O3Si/c1-11-18(19(12-2)25(22-8,23-9)24-10)21(16-6,17-7)20(13-3,14-4)15-5/h11-17H2,1-10H3. The van der Waals surface area contributed by atoms with Crippen LogP contribution in [-0.4, -0.2) is 30.1 Å². The molecule has 0 fully saturated rings. The molecular weight excluding hydrogens is 328 g/mol. The molecule has 0 unspecified atom stereocenters.